The highest BCUT2D eigenvalue weighted by atomic mass is 19.1. The van der Waals surface area contributed by atoms with Crippen LogP contribution in [0.4, 0.5) is 10.2 Å². The van der Waals surface area contributed by atoms with Gasteiger partial charge in [0.1, 0.15) is 17.2 Å². The summed E-state index contributed by atoms with van der Waals surface area (Å²) < 4.78 is 15.5. The van der Waals surface area contributed by atoms with Gasteiger partial charge in [-0.1, -0.05) is 0 Å². The van der Waals surface area contributed by atoms with Crippen molar-refractivity contribution in [3.63, 3.8) is 0 Å². The minimum atomic E-state index is -0.356. The van der Waals surface area contributed by atoms with Gasteiger partial charge in [0.15, 0.2) is 5.65 Å². The van der Waals surface area contributed by atoms with E-state index in [0.717, 1.165) is 24.1 Å². The number of carbonyl (C=O) groups is 1. The molecule has 2 aliphatic rings. The Morgan fingerprint density at radius 3 is 3.00 bits per heavy atom. The molecule has 2 bridgehead atoms. The van der Waals surface area contributed by atoms with Gasteiger partial charge < -0.3 is 10.6 Å². The van der Waals surface area contributed by atoms with Crippen LogP contribution in [-0.2, 0) is 12.0 Å². The Bertz CT molecular complexity index is 1060. The summed E-state index contributed by atoms with van der Waals surface area (Å²) in [4.78, 5) is 21.6. The van der Waals surface area contributed by atoms with Crippen molar-refractivity contribution in [2.45, 2.75) is 44.2 Å². The standard InChI is InChI=1S/C19H19FN6O/c1-11-2-3-15-14(8-12(20)9-21-15)19(5-6-19)25-16-4-7-26-17(24-16)13(10-22-26)18(27)23-11/h4,7-11H,2-3,5-6H2,1H3,(H,23,27)(H,24,25). The number of halogens is 1. The van der Waals surface area contributed by atoms with Crippen LogP contribution in [0.1, 0.15) is 47.8 Å². The minimum Gasteiger partial charge on any atom is -0.360 e. The summed E-state index contributed by atoms with van der Waals surface area (Å²) in [6.07, 6.45) is 7.71. The average Bonchev–Trinajstić information content (AvgIpc) is 3.29. The van der Waals surface area contributed by atoms with Crippen LogP contribution in [0.15, 0.2) is 30.7 Å². The van der Waals surface area contributed by atoms with Gasteiger partial charge >= 0.3 is 0 Å². The van der Waals surface area contributed by atoms with Gasteiger partial charge in [-0.15, -0.1) is 0 Å². The molecular weight excluding hydrogens is 347 g/mol. The van der Waals surface area contributed by atoms with Gasteiger partial charge in [-0.2, -0.15) is 5.10 Å². The van der Waals surface area contributed by atoms with E-state index in [2.05, 4.69) is 25.7 Å². The maximum absolute atomic E-state index is 14.0. The van der Waals surface area contributed by atoms with Crippen molar-refractivity contribution in [2.24, 2.45) is 0 Å². The molecule has 8 heteroatoms. The second kappa shape index (κ2) is 5.73. The van der Waals surface area contributed by atoms with Crippen LogP contribution >= 0.6 is 0 Å². The fourth-order valence-electron chi connectivity index (χ4n) is 3.74. The third-order valence-corrected chi connectivity index (χ3v) is 5.38. The molecule has 0 radical (unpaired) electrons. The normalized spacial score (nSPS) is 21.0. The van der Waals surface area contributed by atoms with Crippen LogP contribution in [-0.4, -0.2) is 31.5 Å². The summed E-state index contributed by atoms with van der Waals surface area (Å²) in [5.41, 5.74) is 2.33. The third-order valence-electron chi connectivity index (χ3n) is 5.38. The van der Waals surface area contributed by atoms with E-state index in [1.54, 1.807) is 16.8 Å². The quantitative estimate of drug-likeness (QED) is 0.638. The number of aryl methyl sites for hydroxylation is 1. The van der Waals surface area contributed by atoms with Gasteiger partial charge in [-0.25, -0.2) is 13.9 Å². The van der Waals surface area contributed by atoms with E-state index >= 15 is 0 Å². The first kappa shape index (κ1) is 16.2. The van der Waals surface area contributed by atoms with E-state index in [1.165, 1.54) is 12.4 Å². The molecule has 3 aromatic heterocycles. The van der Waals surface area contributed by atoms with Crippen molar-refractivity contribution >= 4 is 17.4 Å². The molecule has 1 fully saturated rings. The van der Waals surface area contributed by atoms with E-state index in [-0.39, 0.29) is 23.3 Å². The maximum atomic E-state index is 14.0. The van der Waals surface area contributed by atoms with Crippen LogP contribution in [0.25, 0.3) is 5.65 Å². The summed E-state index contributed by atoms with van der Waals surface area (Å²) in [6, 6.07) is 3.34. The molecule has 1 saturated carbocycles. The Morgan fingerprint density at radius 1 is 1.33 bits per heavy atom. The van der Waals surface area contributed by atoms with E-state index in [4.69, 9.17) is 0 Å². The monoisotopic (exact) mass is 366 g/mol. The molecule has 27 heavy (non-hydrogen) atoms. The number of carbonyl (C=O) groups excluding carboxylic acids is 1. The molecule has 1 aliphatic heterocycles. The molecule has 1 unspecified atom stereocenters. The molecule has 1 atom stereocenters. The van der Waals surface area contributed by atoms with Crippen LogP contribution < -0.4 is 10.6 Å². The van der Waals surface area contributed by atoms with Crippen molar-refractivity contribution in [3.05, 3.63) is 53.4 Å². The molecule has 1 spiro atoms. The van der Waals surface area contributed by atoms with Crippen molar-refractivity contribution in [1.29, 1.82) is 0 Å². The number of hydrogen-bond donors (Lipinski definition) is 2. The van der Waals surface area contributed by atoms with Gasteiger partial charge in [0.05, 0.1) is 17.9 Å². The summed E-state index contributed by atoms with van der Waals surface area (Å²) >= 11 is 0. The van der Waals surface area contributed by atoms with E-state index in [1.807, 2.05) is 13.0 Å². The number of anilines is 1. The average molecular weight is 366 g/mol. The van der Waals surface area contributed by atoms with Crippen LogP contribution in [0, 0.1) is 5.82 Å². The lowest BCUT2D eigenvalue weighted by Crippen LogP contribution is -2.33. The zero-order chi connectivity index (χ0) is 18.6. The van der Waals surface area contributed by atoms with E-state index < -0.39 is 0 Å². The number of pyridine rings is 1. The Kier molecular flexibility index (Phi) is 3.43. The molecule has 5 rings (SSSR count). The predicted octanol–water partition coefficient (Wildman–Crippen LogP) is 2.43. The molecule has 1 amide bonds. The van der Waals surface area contributed by atoms with E-state index in [9.17, 15) is 9.18 Å². The summed E-state index contributed by atoms with van der Waals surface area (Å²) in [6.45, 7) is 1.95. The lowest BCUT2D eigenvalue weighted by Gasteiger charge is -2.22. The molecule has 7 nitrogen and oxygen atoms in total. The lowest BCUT2D eigenvalue weighted by atomic mass is 9.98. The molecule has 4 heterocycles. The Balaban J connectivity index is 1.66. The Hall–Kier alpha value is -3.03. The SMILES string of the molecule is CC1CCc2ncc(F)cc2C2(CC2)Nc2ccn3ncc(c3n2)C(=O)N1. The van der Waals surface area contributed by atoms with Gasteiger partial charge in [0, 0.05) is 23.5 Å². The number of fused-ring (bicyclic) bond motifs is 3. The highest BCUT2D eigenvalue weighted by molar-refractivity contribution is 5.99. The molecular formula is C19H19FN6O. The van der Waals surface area contributed by atoms with Gasteiger partial charge in [-0.05, 0) is 44.7 Å². The van der Waals surface area contributed by atoms with Crippen molar-refractivity contribution < 1.29 is 9.18 Å². The topological polar surface area (TPSA) is 84.2 Å². The molecule has 0 saturated heterocycles. The number of rotatable bonds is 0. The van der Waals surface area contributed by atoms with Gasteiger partial charge in [0.25, 0.3) is 5.91 Å². The fourth-order valence-corrected chi connectivity index (χ4v) is 3.74. The van der Waals surface area contributed by atoms with Crippen LogP contribution in [0.5, 0.6) is 0 Å². The minimum absolute atomic E-state index is 0.0563. The summed E-state index contributed by atoms with van der Waals surface area (Å²) in [5, 5.41) is 10.7. The van der Waals surface area contributed by atoms with Crippen molar-refractivity contribution in [3.8, 4) is 0 Å². The first-order valence-electron chi connectivity index (χ1n) is 9.12. The highest BCUT2D eigenvalue weighted by Gasteiger charge is 2.46. The molecule has 3 aromatic rings. The number of aromatic nitrogens is 4. The van der Waals surface area contributed by atoms with Gasteiger partial charge in [0.2, 0.25) is 0 Å². The third kappa shape index (κ3) is 2.72. The maximum Gasteiger partial charge on any atom is 0.256 e. The molecule has 2 N–H and O–H groups in total. The number of amides is 1. The zero-order valence-electron chi connectivity index (χ0n) is 14.9. The number of nitrogens with zero attached hydrogens (tertiary/aromatic N) is 4. The van der Waals surface area contributed by atoms with E-state index in [0.29, 0.717) is 29.9 Å². The first-order valence-corrected chi connectivity index (χ1v) is 9.12. The lowest BCUT2D eigenvalue weighted by molar-refractivity contribution is 0.0940. The highest BCUT2D eigenvalue weighted by Crippen LogP contribution is 2.49. The Labute approximate surface area is 155 Å². The summed E-state index contributed by atoms with van der Waals surface area (Å²) in [7, 11) is 0. The smallest absolute Gasteiger partial charge is 0.256 e. The first-order chi connectivity index (χ1) is 13.0. The molecule has 138 valence electrons. The van der Waals surface area contributed by atoms with Crippen molar-refractivity contribution in [2.75, 3.05) is 5.32 Å². The molecule has 1 aliphatic carbocycles. The largest absolute Gasteiger partial charge is 0.360 e. The van der Waals surface area contributed by atoms with Crippen molar-refractivity contribution in [1.82, 2.24) is 24.9 Å². The predicted molar refractivity (Wildman–Crippen MR) is 97.0 cm³/mol. The number of nitrogens with one attached hydrogen (secondary N) is 2. The van der Waals surface area contributed by atoms with Gasteiger partial charge in [-0.3, -0.25) is 9.78 Å². The molecule has 0 aromatic carbocycles. The number of hydrogen-bond acceptors (Lipinski definition) is 5. The second-order valence-corrected chi connectivity index (χ2v) is 7.41. The van der Waals surface area contributed by atoms with Crippen LogP contribution in [0.2, 0.25) is 0 Å². The summed E-state index contributed by atoms with van der Waals surface area (Å²) in [5.74, 6) is 0.0980. The second-order valence-electron chi connectivity index (χ2n) is 7.41. The fraction of sp³-hybridized carbons (Fsp3) is 0.368. The Morgan fingerprint density at radius 2 is 2.19 bits per heavy atom. The van der Waals surface area contributed by atoms with Crippen LogP contribution in [0.3, 0.4) is 0 Å². The zero-order valence-corrected chi connectivity index (χ0v) is 14.9.